The molecule has 80 valence electrons. The maximum Gasteiger partial charge on any atom is 0.218 e. The summed E-state index contributed by atoms with van der Waals surface area (Å²) in [7, 11) is 0. The summed E-state index contributed by atoms with van der Waals surface area (Å²) in [5, 5.41) is 9.69. The molecule has 0 aromatic heterocycles. The molecule has 1 aliphatic carbocycles. The molecule has 0 saturated carbocycles. The topological polar surface area (TPSA) is 63.3 Å². The van der Waals surface area contributed by atoms with Gasteiger partial charge in [0.25, 0.3) is 0 Å². The van der Waals surface area contributed by atoms with Crippen LogP contribution in [0.25, 0.3) is 0 Å². The Kier molecular flexibility index (Phi) is 2.62. The lowest BCUT2D eigenvalue weighted by Crippen LogP contribution is -2.18. The minimum Gasteiger partial charge on any atom is -0.508 e. The first-order chi connectivity index (χ1) is 7.18. The fourth-order valence-corrected chi connectivity index (χ4v) is 2.38. The van der Waals surface area contributed by atoms with Crippen LogP contribution in [0.5, 0.6) is 5.75 Å². The highest BCUT2D eigenvalue weighted by Crippen LogP contribution is 2.37. The highest BCUT2D eigenvalue weighted by Gasteiger charge is 2.23. The van der Waals surface area contributed by atoms with Gasteiger partial charge >= 0.3 is 0 Å². The zero-order valence-electron chi connectivity index (χ0n) is 8.57. The molecule has 3 N–H and O–H groups in total. The minimum absolute atomic E-state index is 0.193. The van der Waals surface area contributed by atoms with Gasteiger partial charge in [-0.15, -0.1) is 0 Å². The number of benzene rings is 1. The van der Waals surface area contributed by atoms with Crippen molar-refractivity contribution in [2.45, 2.75) is 31.6 Å². The van der Waals surface area contributed by atoms with E-state index in [9.17, 15) is 9.90 Å². The molecule has 15 heavy (non-hydrogen) atoms. The number of hydrogen-bond acceptors (Lipinski definition) is 2. The zero-order valence-corrected chi connectivity index (χ0v) is 8.57. The third kappa shape index (κ3) is 1.96. The molecule has 1 unspecified atom stereocenters. The van der Waals surface area contributed by atoms with Gasteiger partial charge in [0, 0.05) is 6.42 Å². The Hall–Kier alpha value is -1.51. The van der Waals surface area contributed by atoms with Crippen LogP contribution >= 0.6 is 0 Å². The zero-order chi connectivity index (χ0) is 10.8. The third-order valence-electron chi connectivity index (χ3n) is 3.05. The van der Waals surface area contributed by atoms with Gasteiger partial charge < -0.3 is 10.8 Å². The molecule has 1 aliphatic rings. The number of primary amides is 1. The number of phenolic OH excluding ortho intramolecular Hbond substituents is 1. The SMILES string of the molecule is NC(=O)CC1CCCc2c(O)cccc21. The first-order valence-corrected chi connectivity index (χ1v) is 5.27. The predicted molar refractivity (Wildman–Crippen MR) is 57.6 cm³/mol. The number of fused-ring (bicyclic) bond motifs is 1. The summed E-state index contributed by atoms with van der Waals surface area (Å²) < 4.78 is 0. The highest BCUT2D eigenvalue weighted by molar-refractivity contribution is 5.75. The van der Waals surface area contributed by atoms with Gasteiger partial charge in [-0.05, 0) is 42.4 Å². The second-order valence-corrected chi connectivity index (χ2v) is 4.10. The van der Waals surface area contributed by atoms with Gasteiger partial charge in [0.2, 0.25) is 5.91 Å². The van der Waals surface area contributed by atoms with E-state index in [1.807, 2.05) is 12.1 Å². The maximum absolute atomic E-state index is 10.9. The van der Waals surface area contributed by atoms with Gasteiger partial charge in [-0.1, -0.05) is 12.1 Å². The van der Waals surface area contributed by atoms with Crippen LogP contribution in [0.2, 0.25) is 0 Å². The van der Waals surface area contributed by atoms with E-state index < -0.39 is 0 Å². The summed E-state index contributed by atoms with van der Waals surface area (Å²) in [5.74, 6) is 0.274. The molecular weight excluding hydrogens is 190 g/mol. The second-order valence-electron chi connectivity index (χ2n) is 4.10. The van der Waals surface area contributed by atoms with E-state index in [2.05, 4.69) is 0 Å². The molecular formula is C12H15NO2. The number of aromatic hydroxyl groups is 1. The molecule has 0 saturated heterocycles. The Balaban J connectivity index is 2.34. The quantitative estimate of drug-likeness (QED) is 0.771. The molecule has 1 amide bonds. The first kappa shape index (κ1) is 10.0. The van der Waals surface area contributed by atoms with E-state index >= 15 is 0 Å². The molecule has 0 heterocycles. The Bertz CT molecular complexity index is 387. The first-order valence-electron chi connectivity index (χ1n) is 5.27. The molecule has 3 heteroatoms. The van der Waals surface area contributed by atoms with E-state index in [0.29, 0.717) is 12.2 Å². The van der Waals surface area contributed by atoms with E-state index in [1.54, 1.807) is 6.07 Å². The van der Waals surface area contributed by atoms with Gasteiger partial charge in [0.15, 0.2) is 0 Å². The molecule has 1 aromatic rings. The van der Waals surface area contributed by atoms with Crippen LogP contribution in [-0.2, 0) is 11.2 Å². The number of hydrogen-bond donors (Lipinski definition) is 2. The van der Waals surface area contributed by atoms with Gasteiger partial charge in [-0.25, -0.2) is 0 Å². The summed E-state index contributed by atoms with van der Waals surface area (Å²) in [6.45, 7) is 0. The lowest BCUT2D eigenvalue weighted by Gasteiger charge is -2.25. The van der Waals surface area contributed by atoms with E-state index in [4.69, 9.17) is 5.73 Å². The Morgan fingerprint density at radius 2 is 2.33 bits per heavy atom. The molecule has 0 bridgehead atoms. The Morgan fingerprint density at radius 3 is 3.07 bits per heavy atom. The Labute approximate surface area is 88.9 Å². The molecule has 0 aliphatic heterocycles. The van der Waals surface area contributed by atoms with Crippen molar-refractivity contribution in [2.75, 3.05) is 0 Å². The normalized spacial score (nSPS) is 19.6. The van der Waals surface area contributed by atoms with Gasteiger partial charge in [-0.3, -0.25) is 4.79 Å². The highest BCUT2D eigenvalue weighted by atomic mass is 16.3. The van der Waals surface area contributed by atoms with Crippen molar-refractivity contribution in [3.63, 3.8) is 0 Å². The van der Waals surface area contributed by atoms with Crippen LogP contribution < -0.4 is 5.73 Å². The Morgan fingerprint density at radius 1 is 1.53 bits per heavy atom. The van der Waals surface area contributed by atoms with Gasteiger partial charge in [0.1, 0.15) is 5.75 Å². The van der Waals surface area contributed by atoms with Crippen molar-refractivity contribution in [1.29, 1.82) is 0 Å². The van der Waals surface area contributed by atoms with Crippen LogP contribution in [0.3, 0.4) is 0 Å². The van der Waals surface area contributed by atoms with Crippen LogP contribution in [-0.4, -0.2) is 11.0 Å². The van der Waals surface area contributed by atoms with Crippen molar-refractivity contribution in [1.82, 2.24) is 0 Å². The molecule has 0 fully saturated rings. The molecule has 1 atom stereocenters. The lowest BCUT2D eigenvalue weighted by atomic mass is 9.80. The number of rotatable bonds is 2. The average Bonchev–Trinajstić information content (AvgIpc) is 2.19. The van der Waals surface area contributed by atoms with Crippen LogP contribution in [0.1, 0.15) is 36.3 Å². The second kappa shape index (κ2) is 3.93. The van der Waals surface area contributed by atoms with Crippen molar-refractivity contribution in [3.8, 4) is 5.75 Å². The monoisotopic (exact) mass is 205 g/mol. The van der Waals surface area contributed by atoms with Crippen molar-refractivity contribution in [2.24, 2.45) is 5.73 Å². The predicted octanol–water partition coefficient (Wildman–Crippen LogP) is 1.69. The molecule has 0 spiro atoms. The fourth-order valence-electron chi connectivity index (χ4n) is 2.38. The van der Waals surface area contributed by atoms with E-state index in [0.717, 1.165) is 30.4 Å². The summed E-state index contributed by atoms with van der Waals surface area (Å²) in [4.78, 5) is 10.9. The molecule has 0 radical (unpaired) electrons. The molecule has 2 rings (SSSR count). The van der Waals surface area contributed by atoms with Crippen molar-refractivity contribution >= 4 is 5.91 Å². The molecule has 1 aromatic carbocycles. The number of amides is 1. The van der Waals surface area contributed by atoms with Crippen LogP contribution in [0.4, 0.5) is 0 Å². The number of carbonyl (C=O) groups excluding carboxylic acids is 1. The van der Waals surface area contributed by atoms with Gasteiger partial charge in [-0.2, -0.15) is 0 Å². The molecule has 3 nitrogen and oxygen atoms in total. The van der Waals surface area contributed by atoms with Crippen molar-refractivity contribution in [3.05, 3.63) is 29.3 Å². The lowest BCUT2D eigenvalue weighted by molar-refractivity contribution is -0.118. The van der Waals surface area contributed by atoms with Gasteiger partial charge in [0.05, 0.1) is 0 Å². The summed E-state index contributed by atoms with van der Waals surface area (Å²) in [5.41, 5.74) is 7.31. The summed E-state index contributed by atoms with van der Waals surface area (Å²) >= 11 is 0. The minimum atomic E-state index is -0.267. The number of nitrogens with two attached hydrogens (primary N) is 1. The van der Waals surface area contributed by atoms with E-state index in [-0.39, 0.29) is 11.8 Å². The summed E-state index contributed by atoms with van der Waals surface area (Å²) in [6.07, 6.45) is 3.29. The standard InChI is InChI=1S/C12H15NO2/c13-12(15)7-8-3-1-5-10-9(8)4-2-6-11(10)14/h2,4,6,8,14H,1,3,5,7H2,(H2,13,15). The smallest absolute Gasteiger partial charge is 0.218 e. The third-order valence-corrected chi connectivity index (χ3v) is 3.05. The number of carbonyl (C=O) groups is 1. The average molecular weight is 205 g/mol. The largest absolute Gasteiger partial charge is 0.508 e. The maximum atomic E-state index is 10.9. The van der Waals surface area contributed by atoms with Crippen molar-refractivity contribution < 1.29 is 9.90 Å². The summed E-state index contributed by atoms with van der Waals surface area (Å²) in [6, 6.07) is 5.51. The van der Waals surface area contributed by atoms with Crippen LogP contribution in [0.15, 0.2) is 18.2 Å². The van der Waals surface area contributed by atoms with Crippen LogP contribution in [0, 0.1) is 0 Å². The number of phenols is 1. The fraction of sp³-hybridized carbons (Fsp3) is 0.417. The van der Waals surface area contributed by atoms with E-state index in [1.165, 1.54) is 0 Å².